The molecule has 0 spiro atoms. The smallest absolute Gasteiger partial charge is 0.330 e. The summed E-state index contributed by atoms with van der Waals surface area (Å²) < 4.78 is 6.39. The zero-order valence-electron chi connectivity index (χ0n) is 30.1. The van der Waals surface area contributed by atoms with Crippen LogP contribution in [0.25, 0.3) is 10.8 Å². The highest BCUT2D eigenvalue weighted by atomic mass is 16.5. The molecule has 1 saturated heterocycles. The highest BCUT2D eigenvalue weighted by Gasteiger charge is 2.71. The van der Waals surface area contributed by atoms with Crippen molar-refractivity contribution >= 4 is 40.4 Å². The van der Waals surface area contributed by atoms with E-state index in [-0.39, 0.29) is 37.3 Å². The molecule has 50 heavy (non-hydrogen) atoms. The summed E-state index contributed by atoms with van der Waals surface area (Å²) in [5.41, 5.74) is -0.980. The number of fused-ring (bicyclic) bond motifs is 1. The summed E-state index contributed by atoms with van der Waals surface area (Å²) in [6.45, 7) is 9.27. The minimum absolute atomic E-state index is 0.0316. The Morgan fingerprint density at radius 1 is 0.960 bits per heavy atom. The SMILES string of the molecule is CCC1(CC)C[C@]1(NC(=O)[C@@H]1C[C@@H](OCc2cccc3ccccc23)CN1C(=O)[C@@H](NC(=O)[C@@H](NC(C)=O)C1CCCCC1)C(C)C)C(=O)O. The number of carbonyl (C=O) groups is 5. The van der Waals surface area contributed by atoms with E-state index in [4.69, 9.17) is 4.74 Å². The second kappa shape index (κ2) is 15.5. The van der Waals surface area contributed by atoms with Crippen LogP contribution in [0.2, 0.25) is 0 Å². The minimum atomic E-state index is -1.40. The lowest BCUT2D eigenvalue weighted by Gasteiger charge is -2.34. The molecule has 0 unspecified atom stereocenters. The Morgan fingerprint density at radius 2 is 1.64 bits per heavy atom. The highest BCUT2D eigenvalue weighted by molar-refractivity contribution is 5.97. The Hall–Kier alpha value is -3.99. The van der Waals surface area contributed by atoms with Crippen LogP contribution in [-0.4, -0.2) is 75.9 Å². The van der Waals surface area contributed by atoms with Gasteiger partial charge in [-0.25, -0.2) is 4.79 Å². The first kappa shape index (κ1) is 37.3. The maximum absolute atomic E-state index is 14.5. The summed E-state index contributed by atoms with van der Waals surface area (Å²) in [7, 11) is 0. The molecule has 0 bridgehead atoms. The summed E-state index contributed by atoms with van der Waals surface area (Å²) in [5, 5.41) is 21.1. The van der Waals surface area contributed by atoms with Crippen LogP contribution in [-0.2, 0) is 35.3 Å². The van der Waals surface area contributed by atoms with E-state index < -0.39 is 58.9 Å². The zero-order valence-corrected chi connectivity index (χ0v) is 30.1. The van der Waals surface area contributed by atoms with Gasteiger partial charge >= 0.3 is 5.97 Å². The average molecular weight is 691 g/mol. The van der Waals surface area contributed by atoms with Gasteiger partial charge in [-0.3, -0.25) is 19.2 Å². The third-order valence-corrected chi connectivity index (χ3v) is 11.6. The van der Waals surface area contributed by atoms with Crippen LogP contribution < -0.4 is 16.0 Å². The number of nitrogens with one attached hydrogen (secondary N) is 3. The van der Waals surface area contributed by atoms with Crippen LogP contribution in [0.5, 0.6) is 0 Å². The van der Waals surface area contributed by atoms with Crippen LogP contribution in [0.3, 0.4) is 0 Å². The Labute approximate surface area is 295 Å². The number of aliphatic carboxylic acids is 1. The van der Waals surface area contributed by atoms with E-state index in [0.717, 1.165) is 48.4 Å². The Kier molecular flexibility index (Phi) is 11.5. The fraction of sp³-hybridized carbons (Fsp3) is 0.615. The topological polar surface area (TPSA) is 154 Å². The van der Waals surface area contributed by atoms with Crippen LogP contribution in [0, 0.1) is 17.3 Å². The second-order valence-corrected chi connectivity index (χ2v) is 15.0. The number of carbonyl (C=O) groups excluding carboxylic acids is 4. The maximum atomic E-state index is 14.5. The van der Waals surface area contributed by atoms with Gasteiger partial charge < -0.3 is 30.7 Å². The normalized spacial score (nSPS) is 24.4. The van der Waals surface area contributed by atoms with Crippen LogP contribution in [0.1, 0.15) is 98.0 Å². The first-order valence-electron chi connectivity index (χ1n) is 18.4. The summed E-state index contributed by atoms with van der Waals surface area (Å²) >= 11 is 0. The van der Waals surface area contributed by atoms with E-state index in [9.17, 15) is 29.1 Å². The molecule has 5 rings (SSSR count). The van der Waals surface area contributed by atoms with Gasteiger partial charge in [-0.2, -0.15) is 0 Å². The number of hydrogen-bond acceptors (Lipinski definition) is 6. The molecular weight excluding hydrogens is 636 g/mol. The minimum Gasteiger partial charge on any atom is -0.479 e. The largest absolute Gasteiger partial charge is 0.479 e. The Bertz CT molecular complexity index is 1580. The number of likely N-dealkylation sites (tertiary alicyclic amines) is 1. The molecule has 5 atom stereocenters. The molecule has 2 aromatic rings. The van der Waals surface area contributed by atoms with E-state index >= 15 is 0 Å². The molecule has 1 aliphatic heterocycles. The van der Waals surface area contributed by atoms with Gasteiger partial charge in [0.15, 0.2) is 0 Å². The third kappa shape index (κ3) is 7.53. The third-order valence-electron chi connectivity index (χ3n) is 11.6. The molecule has 4 N–H and O–H groups in total. The lowest BCUT2D eigenvalue weighted by Crippen LogP contribution is -2.60. The zero-order chi connectivity index (χ0) is 36.2. The number of rotatable bonds is 14. The monoisotopic (exact) mass is 690 g/mol. The summed E-state index contributed by atoms with van der Waals surface area (Å²) in [6.07, 6.45) is 5.84. The van der Waals surface area contributed by atoms with Crippen molar-refractivity contribution in [3.63, 3.8) is 0 Å². The molecule has 1 heterocycles. The van der Waals surface area contributed by atoms with Crippen molar-refractivity contribution in [2.24, 2.45) is 17.3 Å². The van der Waals surface area contributed by atoms with Crippen LogP contribution >= 0.6 is 0 Å². The molecule has 0 radical (unpaired) electrons. The molecule has 11 heteroatoms. The van der Waals surface area contributed by atoms with Crippen LogP contribution in [0.15, 0.2) is 42.5 Å². The molecule has 3 aliphatic rings. The van der Waals surface area contributed by atoms with Crippen LogP contribution in [0.4, 0.5) is 0 Å². The number of benzene rings is 2. The number of nitrogens with zero attached hydrogens (tertiary/aromatic N) is 1. The lowest BCUT2D eigenvalue weighted by molar-refractivity contribution is -0.147. The summed E-state index contributed by atoms with van der Waals surface area (Å²) in [6, 6.07) is 11.3. The summed E-state index contributed by atoms with van der Waals surface area (Å²) in [5.74, 6) is -3.14. The number of carboxylic acids is 1. The first-order valence-corrected chi connectivity index (χ1v) is 18.4. The molecule has 272 valence electrons. The van der Waals surface area contributed by atoms with Gasteiger partial charge in [-0.05, 0) is 60.3 Å². The van der Waals surface area contributed by atoms with Crippen molar-refractivity contribution in [1.82, 2.24) is 20.9 Å². The quantitative estimate of drug-likeness (QED) is 0.224. The van der Waals surface area contributed by atoms with Gasteiger partial charge in [0.2, 0.25) is 23.6 Å². The lowest BCUT2D eigenvalue weighted by atomic mass is 9.83. The van der Waals surface area contributed by atoms with Crippen molar-refractivity contribution in [2.75, 3.05) is 6.54 Å². The van der Waals surface area contributed by atoms with E-state index in [1.165, 1.54) is 11.8 Å². The number of hydrogen-bond donors (Lipinski definition) is 4. The molecule has 3 fully saturated rings. The molecule has 2 aliphatic carbocycles. The van der Waals surface area contributed by atoms with Crippen molar-refractivity contribution in [1.29, 1.82) is 0 Å². The fourth-order valence-electron chi connectivity index (χ4n) is 8.45. The molecule has 4 amide bonds. The van der Waals surface area contributed by atoms with E-state index in [2.05, 4.69) is 16.0 Å². The molecular formula is C39H54N4O7. The average Bonchev–Trinajstić information content (AvgIpc) is 3.57. The van der Waals surface area contributed by atoms with E-state index in [1.807, 2.05) is 70.2 Å². The Balaban J connectivity index is 1.39. The first-order chi connectivity index (χ1) is 23.9. The predicted octanol–water partition coefficient (Wildman–Crippen LogP) is 4.70. The highest BCUT2D eigenvalue weighted by Crippen LogP contribution is 2.61. The number of amides is 4. The van der Waals surface area contributed by atoms with Gasteiger partial charge in [0.25, 0.3) is 0 Å². The molecule has 0 aromatic heterocycles. The van der Waals surface area contributed by atoms with Gasteiger partial charge in [0, 0.05) is 25.3 Å². The number of ether oxygens (including phenoxy) is 1. The molecule has 2 saturated carbocycles. The van der Waals surface area contributed by atoms with Gasteiger partial charge in [-0.1, -0.05) is 89.4 Å². The molecule has 11 nitrogen and oxygen atoms in total. The fourth-order valence-corrected chi connectivity index (χ4v) is 8.45. The second-order valence-electron chi connectivity index (χ2n) is 15.0. The molecule has 2 aromatic carbocycles. The van der Waals surface area contributed by atoms with E-state index in [1.54, 1.807) is 0 Å². The van der Waals surface area contributed by atoms with Crippen molar-refractivity contribution in [3.8, 4) is 0 Å². The predicted molar refractivity (Wildman–Crippen MR) is 190 cm³/mol. The van der Waals surface area contributed by atoms with Crippen molar-refractivity contribution in [2.45, 2.75) is 129 Å². The van der Waals surface area contributed by atoms with Gasteiger partial charge in [0.1, 0.15) is 23.7 Å². The summed E-state index contributed by atoms with van der Waals surface area (Å²) in [4.78, 5) is 68.6. The van der Waals surface area contributed by atoms with Gasteiger partial charge in [0.05, 0.1) is 12.7 Å². The Morgan fingerprint density at radius 3 is 2.26 bits per heavy atom. The standard InChI is InChI=1S/C39H54N4O7/c1-6-38(7-2)23-39(38,37(48)49)42-34(45)31-20-29(50-22-28-18-13-17-26-14-11-12-19-30(26)28)21-43(31)36(47)32(24(3)4)41-35(46)33(40-25(5)44)27-15-9-8-10-16-27/h11-14,17-19,24,27,29,31-33H,6-10,15-16,20-23H2,1-5H3,(H,40,44)(H,41,46)(H,42,45)(H,48,49)/t29-,31+,32+,33+,39+/m1/s1. The van der Waals surface area contributed by atoms with Crippen molar-refractivity contribution < 1.29 is 33.8 Å². The number of carboxylic acid groups (broad SMARTS) is 1. The van der Waals surface area contributed by atoms with Crippen molar-refractivity contribution in [3.05, 3.63) is 48.0 Å². The van der Waals surface area contributed by atoms with Gasteiger partial charge in [-0.15, -0.1) is 0 Å². The maximum Gasteiger partial charge on any atom is 0.330 e. The van der Waals surface area contributed by atoms with E-state index in [0.29, 0.717) is 19.3 Å².